The molecule has 8 heteroatoms. The molecule has 158 valence electrons. The van der Waals surface area contributed by atoms with Gasteiger partial charge in [-0.3, -0.25) is 14.6 Å². The second-order valence-electron chi connectivity index (χ2n) is 6.59. The number of nitrogens with zero attached hydrogens (tertiary/aromatic N) is 2. The van der Waals surface area contributed by atoms with Crippen molar-refractivity contribution in [3.63, 3.8) is 0 Å². The molecule has 2 N–H and O–H groups in total. The Bertz CT molecular complexity index is 1090. The van der Waals surface area contributed by atoms with Crippen molar-refractivity contribution in [2.24, 2.45) is 5.10 Å². The molecule has 2 aromatic carbocycles. The lowest BCUT2D eigenvalue weighted by Gasteiger charge is -2.08. The van der Waals surface area contributed by atoms with Crippen molar-refractivity contribution < 1.29 is 9.59 Å². The molecule has 2 amide bonds. The van der Waals surface area contributed by atoms with Gasteiger partial charge in [-0.05, 0) is 48.4 Å². The van der Waals surface area contributed by atoms with Crippen molar-refractivity contribution >= 4 is 46.6 Å². The van der Waals surface area contributed by atoms with E-state index in [2.05, 4.69) is 20.8 Å². The van der Waals surface area contributed by atoms with E-state index in [0.29, 0.717) is 27.7 Å². The van der Waals surface area contributed by atoms with Crippen molar-refractivity contribution in [2.45, 2.75) is 12.7 Å². The number of hydrogen-bond acceptors (Lipinski definition) is 5. The van der Waals surface area contributed by atoms with E-state index in [1.165, 1.54) is 18.0 Å². The summed E-state index contributed by atoms with van der Waals surface area (Å²) in [4.78, 5) is 28.3. The fourth-order valence-electron chi connectivity index (χ4n) is 2.63. The number of carbonyl (C=O) groups is 2. The van der Waals surface area contributed by atoms with Crippen LogP contribution >= 0.6 is 23.4 Å². The van der Waals surface area contributed by atoms with E-state index in [1.54, 1.807) is 37.4 Å². The lowest BCUT2D eigenvalue weighted by atomic mass is 10.1. The third-order valence-corrected chi connectivity index (χ3v) is 5.61. The first-order valence-electron chi connectivity index (χ1n) is 9.49. The van der Waals surface area contributed by atoms with E-state index < -0.39 is 0 Å². The monoisotopic (exact) mass is 452 g/mol. The van der Waals surface area contributed by atoms with Crippen LogP contribution in [0, 0.1) is 0 Å². The SMILES string of the molecule is C/C(=N\NC(=O)CSCc1ccccc1Cl)c1cccc(NC(=O)c2cccnc2)c1. The smallest absolute Gasteiger partial charge is 0.257 e. The minimum atomic E-state index is -0.247. The highest BCUT2D eigenvalue weighted by Crippen LogP contribution is 2.20. The van der Waals surface area contributed by atoms with Crippen LogP contribution in [0.15, 0.2) is 78.2 Å². The average Bonchev–Trinajstić information content (AvgIpc) is 2.79. The summed E-state index contributed by atoms with van der Waals surface area (Å²) in [5.41, 5.74) is 6.07. The molecule has 0 radical (unpaired) electrons. The molecule has 0 bridgehead atoms. The van der Waals surface area contributed by atoms with Crippen LogP contribution in [0.4, 0.5) is 5.69 Å². The number of benzene rings is 2. The van der Waals surface area contributed by atoms with Crippen LogP contribution in [0.25, 0.3) is 0 Å². The number of aromatic nitrogens is 1. The summed E-state index contributed by atoms with van der Waals surface area (Å²) in [7, 11) is 0. The number of hydrazone groups is 1. The second-order valence-corrected chi connectivity index (χ2v) is 7.99. The molecule has 31 heavy (non-hydrogen) atoms. The summed E-state index contributed by atoms with van der Waals surface area (Å²) >= 11 is 7.59. The van der Waals surface area contributed by atoms with Crippen molar-refractivity contribution in [2.75, 3.05) is 11.1 Å². The molecule has 0 aliphatic heterocycles. The molecule has 0 saturated carbocycles. The van der Waals surface area contributed by atoms with Gasteiger partial charge in [-0.15, -0.1) is 11.8 Å². The zero-order valence-electron chi connectivity index (χ0n) is 16.8. The fraction of sp³-hybridized carbons (Fsp3) is 0.130. The molecule has 0 unspecified atom stereocenters. The Labute approximate surface area is 190 Å². The standard InChI is InChI=1S/C23H21ClN4O2S/c1-16(27-28-22(29)15-31-14-19-6-2-3-10-21(19)24)17-7-4-9-20(12-17)26-23(30)18-8-5-11-25-13-18/h2-13H,14-15H2,1H3,(H,26,30)(H,28,29)/b27-16+. The minimum Gasteiger partial charge on any atom is -0.322 e. The fourth-order valence-corrected chi connectivity index (χ4v) is 3.74. The van der Waals surface area contributed by atoms with E-state index in [4.69, 9.17) is 11.6 Å². The van der Waals surface area contributed by atoms with E-state index in [0.717, 1.165) is 11.1 Å². The predicted molar refractivity (Wildman–Crippen MR) is 127 cm³/mol. The van der Waals surface area contributed by atoms with Gasteiger partial charge in [-0.2, -0.15) is 5.10 Å². The van der Waals surface area contributed by atoms with Crippen LogP contribution in [0.1, 0.15) is 28.4 Å². The molecule has 3 aromatic rings. The van der Waals surface area contributed by atoms with Gasteiger partial charge in [0.1, 0.15) is 0 Å². The van der Waals surface area contributed by atoms with Gasteiger partial charge < -0.3 is 5.32 Å². The van der Waals surface area contributed by atoms with Gasteiger partial charge in [-0.1, -0.05) is 41.9 Å². The number of pyridine rings is 1. The van der Waals surface area contributed by atoms with Crippen molar-refractivity contribution in [1.82, 2.24) is 10.4 Å². The molecule has 0 aliphatic rings. The van der Waals surface area contributed by atoms with Crippen molar-refractivity contribution in [3.8, 4) is 0 Å². The van der Waals surface area contributed by atoms with Crippen LogP contribution < -0.4 is 10.7 Å². The van der Waals surface area contributed by atoms with E-state index in [-0.39, 0.29) is 17.6 Å². The molecule has 3 rings (SSSR count). The normalized spacial score (nSPS) is 11.1. The van der Waals surface area contributed by atoms with Crippen LogP contribution in [0.2, 0.25) is 5.02 Å². The molecule has 0 aliphatic carbocycles. The molecule has 0 saturated heterocycles. The van der Waals surface area contributed by atoms with Crippen LogP contribution in [-0.4, -0.2) is 28.3 Å². The molecule has 0 atom stereocenters. The average molecular weight is 453 g/mol. The first-order valence-corrected chi connectivity index (χ1v) is 11.0. The van der Waals surface area contributed by atoms with Gasteiger partial charge in [0.2, 0.25) is 5.91 Å². The Morgan fingerprint density at radius 1 is 1.06 bits per heavy atom. The summed E-state index contributed by atoms with van der Waals surface area (Å²) in [6.07, 6.45) is 3.12. The first kappa shape index (κ1) is 22.5. The molecule has 6 nitrogen and oxygen atoms in total. The number of amides is 2. The number of nitrogens with one attached hydrogen (secondary N) is 2. The van der Waals surface area contributed by atoms with Gasteiger partial charge >= 0.3 is 0 Å². The molecular formula is C23H21ClN4O2S. The van der Waals surface area contributed by atoms with Crippen LogP contribution in [0.5, 0.6) is 0 Å². The van der Waals surface area contributed by atoms with Gasteiger partial charge in [0.15, 0.2) is 0 Å². The third-order valence-electron chi connectivity index (χ3n) is 4.26. The van der Waals surface area contributed by atoms with Crippen molar-refractivity contribution in [1.29, 1.82) is 0 Å². The highest BCUT2D eigenvalue weighted by atomic mass is 35.5. The number of carbonyl (C=O) groups excluding carboxylic acids is 2. The molecule has 0 fully saturated rings. The maximum absolute atomic E-state index is 12.3. The summed E-state index contributed by atoms with van der Waals surface area (Å²) < 4.78 is 0. The largest absolute Gasteiger partial charge is 0.322 e. The molecule has 1 heterocycles. The molecule has 1 aromatic heterocycles. The van der Waals surface area contributed by atoms with E-state index in [1.807, 2.05) is 36.4 Å². The molecular weight excluding hydrogens is 432 g/mol. The Morgan fingerprint density at radius 3 is 2.65 bits per heavy atom. The second kappa shape index (κ2) is 11.3. The number of halogens is 1. The predicted octanol–water partition coefficient (Wildman–Crippen LogP) is 4.76. The first-order chi connectivity index (χ1) is 15.0. The number of rotatable bonds is 8. The maximum Gasteiger partial charge on any atom is 0.257 e. The zero-order chi connectivity index (χ0) is 22.1. The Morgan fingerprint density at radius 2 is 1.87 bits per heavy atom. The van der Waals surface area contributed by atoms with Gasteiger partial charge in [0, 0.05) is 28.9 Å². The highest BCUT2D eigenvalue weighted by Gasteiger charge is 2.08. The topological polar surface area (TPSA) is 83.5 Å². The Kier molecular flexibility index (Phi) is 8.20. The lowest BCUT2D eigenvalue weighted by Crippen LogP contribution is -2.21. The number of hydrogen-bond donors (Lipinski definition) is 2. The van der Waals surface area contributed by atoms with Crippen LogP contribution in [0.3, 0.4) is 0 Å². The summed E-state index contributed by atoms with van der Waals surface area (Å²) in [5, 5.41) is 7.70. The summed E-state index contributed by atoms with van der Waals surface area (Å²) in [5.74, 6) is 0.471. The van der Waals surface area contributed by atoms with Gasteiger partial charge in [0.25, 0.3) is 5.91 Å². The summed E-state index contributed by atoms with van der Waals surface area (Å²) in [6, 6.07) is 18.2. The summed E-state index contributed by atoms with van der Waals surface area (Å²) in [6.45, 7) is 1.79. The Balaban J connectivity index is 1.52. The molecule has 0 spiro atoms. The third kappa shape index (κ3) is 6.94. The quantitative estimate of drug-likeness (QED) is 0.381. The van der Waals surface area contributed by atoms with Gasteiger partial charge in [-0.25, -0.2) is 5.43 Å². The number of anilines is 1. The lowest BCUT2D eigenvalue weighted by molar-refractivity contribution is -0.118. The minimum absolute atomic E-state index is 0.197. The van der Waals surface area contributed by atoms with Crippen LogP contribution in [-0.2, 0) is 10.5 Å². The maximum atomic E-state index is 12.3. The van der Waals surface area contributed by atoms with E-state index in [9.17, 15) is 9.59 Å². The highest BCUT2D eigenvalue weighted by molar-refractivity contribution is 7.99. The zero-order valence-corrected chi connectivity index (χ0v) is 18.4. The van der Waals surface area contributed by atoms with E-state index >= 15 is 0 Å². The number of thioether (sulfide) groups is 1. The van der Waals surface area contributed by atoms with Gasteiger partial charge in [0.05, 0.1) is 17.0 Å². The Hall–Kier alpha value is -3.16. The van der Waals surface area contributed by atoms with Crippen molar-refractivity contribution in [3.05, 3.63) is 94.8 Å².